The molecule has 2 N–H and O–H groups in total. The summed E-state index contributed by atoms with van der Waals surface area (Å²) in [5, 5.41) is 15.6. The lowest BCUT2D eigenvalue weighted by atomic mass is 10.1. The lowest BCUT2D eigenvalue weighted by Gasteiger charge is -2.24. The van der Waals surface area contributed by atoms with Crippen molar-refractivity contribution in [3.63, 3.8) is 0 Å². The van der Waals surface area contributed by atoms with Crippen molar-refractivity contribution in [2.24, 2.45) is 0 Å². The van der Waals surface area contributed by atoms with Gasteiger partial charge in [-0.25, -0.2) is 4.79 Å². The van der Waals surface area contributed by atoms with E-state index in [4.69, 9.17) is 10.2 Å². The molecule has 126 valence electrons. The van der Waals surface area contributed by atoms with Gasteiger partial charge in [-0.3, -0.25) is 4.79 Å². The molecular weight excluding hydrogens is 317 g/mol. The van der Waals surface area contributed by atoms with Gasteiger partial charge < -0.3 is 10.2 Å². The van der Waals surface area contributed by atoms with Crippen LogP contribution in [0.15, 0.2) is 0 Å². The fraction of sp³-hybridized carbons (Fsp3) is 0.800. The Bertz CT molecular complexity index is 352. The Balaban J connectivity index is 0. The van der Waals surface area contributed by atoms with Gasteiger partial charge in [0.25, 0.3) is 0 Å². The summed E-state index contributed by atoms with van der Waals surface area (Å²) in [4.78, 5) is 19.3. The molecule has 0 bridgehead atoms. The van der Waals surface area contributed by atoms with Crippen LogP contribution in [0.3, 0.4) is 0 Å². The van der Waals surface area contributed by atoms with Crippen LogP contribution in [0.4, 0.5) is 30.7 Å². The molecule has 0 saturated carbocycles. The third-order valence-electron chi connectivity index (χ3n) is 2.01. The van der Waals surface area contributed by atoms with Crippen molar-refractivity contribution in [2.45, 2.75) is 50.6 Å². The molecule has 11 heteroatoms. The van der Waals surface area contributed by atoms with Gasteiger partial charge in [0.05, 0.1) is 0 Å². The Morgan fingerprint density at radius 2 is 1.33 bits per heavy atom. The number of aliphatic carboxylic acids is 2. The van der Waals surface area contributed by atoms with Crippen LogP contribution >= 0.6 is 0 Å². The van der Waals surface area contributed by atoms with Gasteiger partial charge >= 0.3 is 30.0 Å². The molecule has 0 unspecified atom stereocenters. The molecular formula is C10H13F7O4. The Hall–Kier alpha value is -1.55. The van der Waals surface area contributed by atoms with Crippen molar-refractivity contribution in [3.05, 3.63) is 0 Å². The van der Waals surface area contributed by atoms with Gasteiger partial charge in [0, 0.05) is 6.42 Å². The molecule has 0 aliphatic heterocycles. The van der Waals surface area contributed by atoms with E-state index in [9.17, 15) is 40.3 Å². The maximum Gasteiger partial charge on any atom is 0.460 e. The summed E-state index contributed by atoms with van der Waals surface area (Å²) < 4.78 is 80.5. The summed E-state index contributed by atoms with van der Waals surface area (Å²) in [5.74, 6) is -17.0. The normalized spacial score (nSPS) is 12.4. The molecule has 0 radical (unpaired) electrons. The Kier molecular flexibility index (Phi) is 8.31. The fourth-order valence-corrected chi connectivity index (χ4v) is 0.839. The standard InChI is InChI=1S/C6H12O2.C4HF7O2/c1-2-3-4-5-6(7)8;5-2(6,1(12)13)3(7,8)4(9,10)11/h2-5H2,1H3,(H,7,8);(H,12,13). The predicted molar refractivity (Wildman–Crippen MR) is 55.4 cm³/mol. The number of carboxylic acids is 2. The number of carbonyl (C=O) groups is 2. The minimum atomic E-state index is -6.60. The van der Waals surface area contributed by atoms with E-state index in [1.165, 1.54) is 0 Å². The second-order valence-corrected chi connectivity index (χ2v) is 3.80. The number of unbranched alkanes of at least 4 members (excludes halogenated alkanes) is 2. The van der Waals surface area contributed by atoms with Crippen molar-refractivity contribution in [1.29, 1.82) is 0 Å². The number of hydrogen-bond donors (Lipinski definition) is 2. The molecule has 0 spiro atoms. The van der Waals surface area contributed by atoms with Crippen molar-refractivity contribution in [2.75, 3.05) is 0 Å². The summed E-state index contributed by atoms with van der Waals surface area (Å²) in [7, 11) is 0. The van der Waals surface area contributed by atoms with E-state index in [0.717, 1.165) is 19.3 Å². The first kappa shape index (κ1) is 21.7. The molecule has 0 fully saturated rings. The average molecular weight is 330 g/mol. The predicted octanol–water partition coefficient (Wildman–Crippen LogP) is 3.56. The van der Waals surface area contributed by atoms with Crippen molar-refractivity contribution in [1.82, 2.24) is 0 Å². The minimum absolute atomic E-state index is 0.327. The Morgan fingerprint density at radius 3 is 1.52 bits per heavy atom. The van der Waals surface area contributed by atoms with Crippen LogP contribution in [0.1, 0.15) is 32.6 Å². The molecule has 0 aromatic heterocycles. The smallest absolute Gasteiger partial charge is 0.460 e. The number of rotatable bonds is 6. The Morgan fingerprint density at radius 1 is 0.905 bits per heavy atom. The lowest BCUT2D eigenvalue weighted by Crippen LogP contribution is -2.56. The molecule has 0 aromatic rings. The first-order valence-electron chi connectivity index (χ1n) is 5.49. The highest BCUT2D eigenvalue weighted by Crippen LogP contribution is 2.46. The van der Waals surface area contributed by atoms with Crippen LogP contribution in [0.25, 0.3) is 0 Å². The van der Waals surface area contributed by atoms with Gasteiger partial charge in [0.2, 0.25) is 0 Å². The molecule has 0 atom stereocenters. The molecule has 0 heterocycles. The van der Waals surface area contributed by atoms with Crippen LogP contribution < -0.4 is 0 Å². The lowest BCUT2D eigenvalue weighted by molar-refractivity contribution is -0.347. The zero-order valence-electron chi connectivity index (χ0n) is 10.7. The molecule has 0 aromatic carbocycles. The third-order valence-corrected chi connectivity index (χ3v) is 2.01. The highest BCUT2D eigenvalue weighted by molar-refractivity contribution is 5.76. The maximum atomic E-state index is 11.8. The minimum Gasteiger partial charge on any atom is -0.481 e. The SMILES string of the molecule is CCCCCC(=O)O.O=C(O)C(F)(F)C(F)(F)C(F)(F)F. The summed E-state index contributed by atoms with van der Waals surface area (Å²) in [6, 6.07) is 0. The second-order valence-electron chi connectivity index (χ2n) is 3.80. The van der Waals surface area contributed by atoms with Gasteiger partial charge in [-0.05, 0) is 6.42 Å². The highest BCUT2D eigenvalue weighted by atomic mass is 19.4. The maximum absolute atomic E-state index is 11.8. The van der Waals surface area contributed by atoms with Crippen molar-refractivity contribution < 1.29 is 50.5 Å². The van der Waals surface area contributed by atoms with E-state index in [2.05, 4.69) is 6.92 Å². The summed E-state index contributed by atoms with van der Waals surface area (Å²) >= 11 is 0. The van der Waals surface area contributed by atoms with Gasteiger partial charge in [-0.1, -0.05) is 19.8 Å². The average Bonchev–Trinajstić information content (AvgIpc) is 2.27. The molecule has 4 nitrogen and oxygen atoms in total. The van der Waals surface area contributed by atoms with E-state index in [0.29, 0.717) is 6.42 Å². The van der Waals surface area contributed by atoms with E-state index in [-0.39, 0.29) is 0 Å². The first-order valence-corrected chi connectivity index (χ1v) is 5.49. The van der Waals surface area contributed by atoms with E-state index in [1.54, 1.807) is 0 Å². The van der Waals surface area contributed by atoms with Crippen molar-refractivity contribution >= 4 is 11.9 Å². The third kappa shape index (κ3) is 6.63. The quantitative estimate of drug-likeness (QED) is 0.577. The zero-order valence-corrected chi connectivity index (χ0v) is 10.7. The number of carboxylic acid groups (broad SMARTS) is 2. The van der Waals surface area contributed by atoms with Crippen molar-refractivity contribution in [3.8, 4) is 0 Å². The fourth-order valence-electron chi connectivity index (χ4n) is 0.839. The molecule has 21 heavy (non-hydrogen) atoms. The number of alkyl halides is 7. The van der Waals surface area contributed by atoms with E-state index >= 15 is 0 Å². The highest BCUT2D eigenvalue weighted by Gasteiger charge is 2.76. The molecule has 0 rings (SSSR count). The Labute approximate surface area is 114 Å². The summed E-state index contributed by atoms with van der Waals surface area (Å²) in [6.07, 6.45) is -3.33. The van der Waals surface area contributed by atoms with E-state index < -0.39 is 30.0 Å². The monoisotopic (exact) mass is 330 g/mol. The number of hydrogen-bond acceptors (Lipinski definition) is 2. The van der Waals surface area contributed by atoms with Gasteiger partial charge in [0.1, 0.15) is 0 Å². The van der Waals surface area contributed by atoms with E-state index in [1.807, 2.05) is 0 Å². The number of halogens is 7. The van der Waals surface area contributed by atoms with Gasteiger partial charge in [0.15, 0.2) is 0 Å². The summed E-state index contributed by atoms with van der Waals surface area (Å²) in [6.45, 7) is 2.06. The van der Waals surface area contributed by atoms with Crippen LogP contribution in [-0.4, -0.2) is 40.2 Å². The molecule has 0 amide bonds. The topological polar surface area (TPSA) is 74.6 Å². The summed E-state index contributed by atoms with van der Waals surface area (Å²) in [5.41, 5.74) is 0. The molecule has 0 saturated heterocycles. The van der Waals surface area contributed by atoms with Crippen LogP contribution in [0.2, 0.25) is 0 Å². The molecule has 0 aliphatic carbocycles. The van der Waals surface area contributed by atoms with Crippen LogP contribution in [0, 0.1) is 0 Å². The largest absolute Gasteiger partial charge is 0.481 e. The van der Waals surface area contributed by atoms with Gasteiger partial charge in [-0.15, -0.1) is 0 Å². The van der Waals surface area contributed by atoms with Gasteiger partial charge in [-0.2, -0.15) is 30.7 Å². The first-order chi connectivity index (χ1) is 9.21. The zero-order chi connectivity index (χ0) is 17.5. The van der Waals surface area contributed by atoms with Crippen LogP contribution in [-0.2, 0) is 9.59 Å². The second kappa shape index (κ2) is 8.03. The van der Waals surface area contributed by atoms with Crippen LogP contribution in [0.5, 0.6) is 0 Å². The molecule has 0 aliphatic rings.